The first-order valence-electron chi connectivity index (χ1n) is 6.96. The summed E-state index contributed by atoms with van der Waals surface area (Å²) in [7, 11) is 1.91. The summed E-state index contributed by atoms with van der Waals surface area (Å²) in [5.41, 5.74) is 2.02. The Morgan fingerprint density at radius 2 is 1.91 bits per heavy atom. The zero-order valence-corrected chi connectivity index (χ0v) is 14.5. The molecule has 0 aliphatic carbocycles. The number of anilines is 1. The Bertz CT molecular complexity index is 902. The van der Waals surface area contributed by atoms with Crippen LogP contribution >= 0.6 is 22.6 Å². The average Bonchev–Trinajstić information content (AvgIpc) is 2.88. The van der Waals surface area contributed by atoms with Crippen molar-refractivity contribution in [2.45, 2.75) is 0 Å². The van der Waals surface area contributed by atoms with Crippen molar-refractivity contribution in [1.29, 1.82) is 0 Å². The third kappa shape index (κ3) is 3.53. The number of carbonyl (C=O) groups excluding carboxylic acids is 2. The zero-order valence-electron chi connectivity index (χ0n) is 12.3. The molecule has 0 aliphatic heterocycles. The molecule has 5 nitrogen and oxygen atoms in total. The van der Waals surface area contributed by atoms with Crippen molar-refractivity contribution in [2.75, 3.05) is 5.32 Å². The fraction of sp³-hybridized carbons (Fsp3) is 0.0588. The Morgan fingerprint density at radius 3 is 2.70 bits per heavy atom. The van der Waals surface area contributed by atoms with Crippen LogP contribution < -0.4 is 10.6 Å². The van der Waals surface area contributed by atoms with Crippen molar-refractivity contribution >= 4 is 51.1 Å². The third-order valence-electron chi connectivity index (χ3n) is 3.46. The molecule has 0 fully saturated rings. The van der Waals surface area contributed by atoms with Crippen LogP contribution in [0.3, 0.4) is 0 Å². The lowest BCUT2D eigenvalue weighted by molar-refractivity contribution is 0.0967. The average molecular weight is 419 g/mol. The molecule has 0 aliphatic rings. The van der Waals surface area contributed by atoms with E-state index in [1.165, 1.54) is 0 Å². The van der Waals surface area contributed by atoms with Crippen molar-refractivity contribution in [3.05, 3.63) is 63.9 Å². The van der Waals surface area contributed by atoms with Gasteiger partial charge in [-0.15, -0.1) is 0 Å². The molecule has 0 radical (unpaired) electrons. The topological polar surface area (TPSA) is 63.1 Å². The number of urea groups is 1. The number of halogens is 1. The Balaban J connectivity index is 1.72. The van der Waals surface area contributed by atoms with Crippen LogP contribution in [0.4, 0.5) is 10.5 Å². The fourth-order valence-electron chi connectivity index (χ4n) is 2.31. The minimum atomic E-state index is -0.552. The van der Waals surface area contributed by atoms with E-state index in [2.05, 4.69) is 33.2 Å². The highest BCUT2D eigenvalue weighted by molar-refractivity contribution is 14.1. The Kier molecular flexibility index (Phi) is 4.33. The van der Waals surface area contributed by atoms with Gasteiger partial charge < -0.3 is 9.88 Å². The first-order chi connectivity index (χ1) is 11.0. The Morgan fingerprint density at radius 1 is 1.09 bits per heavy atom. The number of aromatic nitrogens is 1. The van der Waals surface area contributed by atoms with Crippen LogP contribution in [0.5, 0.6) is 0 Å². The summed E-state index contributed by atoms with van der Waals surface area (Å²) in [6.45, 7) is 0. The van der Waals surface area contributed by atoms with Gasteiger partial charge in [-0.3, -0.25) is 10.1 Å². The van der Waals surface area contributed by atoms with Gasteiger partial charge in [-0.25, -0.2) is 4.79 Å². The van der Waals surface area contributed by atoms with E-state index >= 15 is 0 Å². The molecule has 0 saturated heterocycles. The molecule has 1 heterocycles. The molecule has 1 aromatic heterocycles. The lowest BCUT2D eigenvalue weighted by Gasteiger charge is -2.07. The van der Waals surface area contributed by atoms with E-state index in [-0.39, 0.29) is 0 Å². The second-order valence-electron chi connectivity index (χ2n) is 5.12. The summed E-state index contributed by atoms with van der Waals surface area (Å²) in [6, 6.07) is 14.1. The Labute approximate surface area is 146 Å². The standard InChI is InChI=1S/C17H14IN3O2/c1-21-8-7-11-5-6-12(9-15(11)21)16(22)20-17(23)19-14-4-2-3-13(18)10-14/h2-10H,1H3,(H2,19,20,22,23). The molecule has 0 unspecified atom stereocenters. The van der Waals surface area contributed by atoms with Gasteiger partial charge in [0.05, 0.1) is 0 Å². The molecular formula is C17H14IN3O2. The van der Waals surface area contributed by atoms with E-state index in [4.69, 9.17) is 0 Å². The molecule has 3 rings (SSSR count). The number of nitrogens with zero attached hydrogens (tertiary/aromatic N) is 1. The molecule has 116 valence electrons. The van der Waals surface area contributed by atoms with E-state index in [1.54, 1.807) is 18.2 Å². The summed E-state index contributed by atoms with van der Waals surface area (Å²) in [6.07, 6.45) is 1.93. The van der Waals surface area contributed by atoms with Crippen LogP contribution in [0.25, 0.3) is 10.9 Å². The molecule has 0 atom stereocenters. The van der Waals surface area contributed by atoms with Gasteiger partial charge >= 0.3 is 6.03 Å². The van der Waals surface area contributed by atoms with Gasteiger partial charge in [0.2, 0.25) is 0 Å². The van der Waals surface area contributed by atoms with Gasteiger partial charge in [0.15, 0.2) is 0 Å². The number of imide groups is 1. The van der Waals surface area contributed by atoms with Crippen LogP contribution in [0.1, 0.15) is 10.4 Å². The molecule has 2 aromatic carbocycles. The number of benzene rings is 2. The van der Waals surface area contributed by atoms with E-state index in [0.717, 1.165) is 14.5 Å². The normalized spacial score (nSPS) is 10.5. The number of hydrogen-bond donors (Lipinski definition) is 2. The first kappa shape index (κ1) is 15.5. The maximum absolute atomic E-state index is 12.2. The van der Waals surface area contributed by atoms with E-state index in [0.29, 0.717) is 11.3 Å². The highest BCUT2D eigenvalue weighted by atomic mass is 127. The molecule has 2 N–H and O–H groups in total. The molecular weight excluding hydrogens is 405 g/mol. The summed E-state index contributed by atoms with van der Waals surface area (Å²) >= 11 is 2.16. The maximum Gasteiger partial charge on any atom is 0.326 e. The lowest BCUT2D eigenvalue weighted by Crippen LogP contribution is -2.34. The second kappa shape index (κ2) is 6.41. The number of rotatable bonds is 2. The van der Waals surface area contributed by atoms with Crippen LogP contribution in [-0.4, -0.2) is 16.5 Å². The number of nitrogens with one attached hydrogen (secondary N) is 2. The molecule has 0 bridgehead atoms. The highest BCUT2D eigenvalue weighted by Crippen LogP contribution is 2.17. The molecule has 0 spiro atoms. The number of fused-ring (bicyclic) bond motifs is 1. The van der Waals surface area contributed by atoms with E-state index < -0.39 is 11.9 Å². The van der Waals surface area contributed by atoms with Gasteiger partial charge in [-0.1, -0.05) is 12.1 Å². The van der Waals surface area contributed by atoms with E-state index in [9.17, 15) is 9.59 Å². The molecule has 3 aromatic rings. The van der Waals surface area contributed by atoms with Gasteiger partial charge in [0.25, 0.3) is 5.91 Å². The van der Waals surface area contributed by atoms with Crippen LogP contribution in [0.2, 0.25) is 0 Å². The number of aryl methyl sites for hydroxylation is 1. The van der Waals surface area contributed by atoms with Gasteiger partial charge in [-0.05, 0) is 64.4 Å². The van der Waals surface area contributed by atoms with Gasteiger partial charge in [0.1, 0.15) is 0 Å². The van der Waals surface area contributed by atoms with Crippen LogP contribution in [-0.2, 0) is 7.05 Å². The van der Waals surface area contributed by atoms with Crippen molar-refractivity contribution in [3.8, 4) is 0 Å². The van der Waals surface area contributed by atoms with Crippen LogP contribution in [0.15, 0.2) is 54.7 Å². The lowest BCUT2D eigenvalue weighted by atomic mass is 10.1. The minimum Gasteiger partial charge on any atom is -0.351 e. The quantitative estimate of drug-likeness (QED) is 0.622. The van der Waals surface area contributed by atoms with Gasteiger partial charge in [-0.2, -0.15) is 0 Å². The fourth-order valence-corrected chi connectivity index (χ4v) is 2.85. The molecule has 3 amide bonds. The maximum atomic E-state index is 12.2. The SMILES string of the molecule is Cn1ccc2ccc(C(=O)NC(=O)Nc3cccc(I)c3)cc21. The second-order valence-corrected chi connectivity index (χ2v) is 6.36. The third-order valence-corrected chi connectivity index (χ3v) is 4.13. The largest absolute Gasteiger partial charge is 0.351 e. The highest BCUT2D eigenvalue weighted by Gasteiger charge is 2.12. The predicted octanol–water partition coefficient (Wildman–Crippen LogP) is 3.74. The van der Waals surface area contributed by atoms with Crippen molar-refractivity contribution < 1.29 is 9.59 Å². The smallest absolute Gasteiger partial charge is 0.326 e. The summed E-state index contributed by atoms with van der Waals surface area (Å²) < 4.78 is 2.93. The number of carbonyl (C=O) groups is 2. The summed E-state index contributed by atoms with van der Waals surface area (Å²) in [5.74, 6) is -0.434. The Hall–Kier alpha value is -2.35. The summed E-state index contributed by atoms with van der Waals surface area (Å²) in [5, 5.41) is 6.03. The number of amides is 3. The molecule has 0 saturated carbocycles. The van der Waals surface area contributed by atoms with Crippen molar-refractivity contribution in [1.82, 2.24) is 9.88 Å². The number of hydrogen-bond acceptors (Lipinski definition) is 2. The monoisotopic (exact) mass is 419 g/mol. The minimum absolute atomic E-state index is 0.434. The van der Waals surface area contributed by atoms with Crippen molar-refractivity contribution in [2.24, 2.45) is 7.05 Å². The molecule has 6 heteroatoms. The van der Waals surface area contributed by atoms with Gasteiger partial charge in [0, 0.05) is 33.6 Å². The zero-order chi connectivity index (χ0) is 16.4. The van der Waals surface area contributed by atoms with Crippen LogP contribution in [0, 0.1) is 3.57 Å². The first-order valence-corrected chi connectivity index (χ1v) is 8.04. The molecule has 23 heavy (non-hydrogen) atoms. The predicted molar refractivity (Wildman–Crippen MR) is 98.6 cm³/mol. The van der Waals surface area contributed by atoms with E-state index in [1.807, 2.05) is 48.1 Å². The van der Waals surface area contributed by atoms with Crippen molar-refractivity contribution in [3.63, 3.8) is 0 Å². The summed E-state index contributed by atoms with van der Waals surface area (Å²) in [4.78, 5) is 24.1.